The SMILES string of the molecule is CC1CCC2(CC1)OC[C@H](C(=O)O)N2C(=O)CCc1ccccc1. The number of carbonyl (C=O) groups is 2. The third-order valence-corrected chi connectivity index (χ3v) is 5.34. The quantitative estimate of drug-likeness (QED) is 0.921. The molecular formula is C19H25NO4. The number of aliphatic carboxylic acids is 1. The number of rotatable bonds is 4. The summed E-state index contributed by atoms with van der Waals surface area (Å²) in [5.74, 6) is -0.485. The number of hydrogen-bond acceptors (Lipinski definition) is 3. The first-order valence-electron chi connectivity index (χ1n) is 8.75. The van der Waals surface area contributed by atoms with E-state index in [4.69, 9.17) is 4.74 Å². The van der Waals surface area contributed by atoms with Gasteiger partial charge in [0.2, 0.25) is 5.91 Å². The molecule has 1 heterocycles. The molecule has 3 rings (SSSR count). The van der Waals surface area contributed by atoms with Crippen LogP contribution in [0.2, 0.25) is 0 Å². The van der Waals surface area contributed by atoms with Gasteiger partial charge in [0.15, 0.2) is 6.04 Å². The van der Waals surface area contributed by atoms with E-state index in [0.717, 1.165) is 31.2 Å². The number of carboxylic acid groups (broad SMARTS) is 1. The van der Waals surface area contributed by atoms with Crippen molar-refractivity contribution in [3.8, 4) is 0 Å². The average molecular weight is 331 g/mol. The molecule has 1 saturated carbocycles. The highest BCUT2D eigenvalue weighted by Crippen LogP contribution is 2.42. The fourth-order valence-electron chi connectivity index (χ4n) is 3.86. The third kappa shape index (κ3) is 3.31. The minimum atomic E-state index is -0.974. The first-order valence-corrected chi connectivity index (χ1v) is 8.75. The van der Waals surface area contributed by atoms with Crippen LogP contribution in [0.15, 0.2) is 30.3 Å². The second-order valence-electron chi connectivity index (χ2n) is 7.04. The molecule has 5 heteroatoms. The van der Waals surface area contributed by atoms with E-state index in [0.29, 0.717) is 18.8 Å². The minimum Gasteiger partial charge on any atom is -0.480 e. The van der Waals surface area contributed by atoms with Crippen LogP contribution in [0.4, 0.5) is 0 Å². The molecule has 1 N–H and O–H groups in total. The Kier molecular flexibility index (Phi) is 4.90. The van der Waals surface area contributed by atoms with Gasteiger partial charge in [-0.15, -0.1) is 0 Å². The molecule has 24 heavy (non-hydrogen) atoms. The van der Waals surface area contributed by atoms with Crippen molar-refractivity contribution in [2.45, 2.75) is 57.2 Å². The summed E-state index contributed by atoms with van der Waals surface area (Å²) < 4.78 is 5.91. The lowest BCUT2D eigenvalue weighted by Crippen LogP contribution is -2.55. The second kappa shape index (κ2) is 6.93. The summed E-state index contributed by atoms with van der Waals surface area (Å²) in [5, 5.41) is 9.51. The van der Waals surface area contributed by atoms with Crippen molar-refractivity contribution in [2.24, 2.45) is 5.92 Å². The van der Waals surface area contributed by atoms with Crippen LogP contribution in [0.25, 0.3) is 0 Å². The smallest absolute Gasteiger partial charge is 0.328 e. The summed E-state index contributed by atoms with van der Waals surface area (Å²) >= 11 is 0. The van der Waals surface area contributed by atoms with Crippen LogP contribution in [0.1, 0.15) is 44.6 Å². The maximum atomic E-state index is 12.9. The lowest BCUT2D eigenvalue weighted by molar-refractivity contribution is -0.164. The van der Waals surface area contributed by atoms with Crippen LogP contribution < -0.4 is 0 Å². The second-order valence-corrected chi connectivity index (χ2v) is 7.04. The summed E-state index contributed by atoms with van der Waals surface area (Å²) in [6.45, 7) is 2.29. The fourth-order valence-corrected chi connectivity index (χ4v) is 3.86. The molecule has 1 saturated heterocycles. The Morgan fingerprint density at radius 3 is 2.54 bits per heavy atom. The van der Waals surface area contributed by atoms with Gasteiger partial charge in [-0.25, -0.2) is 4.79 Å². The minimum absolute atomic E-state index is 0.0980. The highest BCUT2D eigenvalue weighted by molar-refractivity contribution is 5.85. The molecule has 1 aliphatic carbocycles. The van der Waals surface area contributed by atoms with E-state index in [2.05, 4.69) is 6.92 Å². The summed E-state index contributed by atoms with van der Waals surface area (Å²) in [6, 6.07) is 8.95. The van der Waals surface area contributed by atoms with Crippen LogP contribution in [-0.4, -0.2) is 40.3 Å². The van der Waals surface area contributed by atoms with Crippen molar-refractivity contribution in [2.75, 3.05) is 6.61 Å². The van der Waals surface area contributed by atoms with Crippen molar-refractivity contribution in [3.05, 3.63) is 35.9 Å². The Morgan fingerprint density at radius 1 is 1.25 bits per heavy atom. The van der Waals surface area contributed by atoms with Crippen LogP contribution in [0, 0.1) is 5.92 Å². The molecule has 1 aromatic carbocycles. The zero-order valence-electron chi connectivity index (χ0n) is 14.1. The van der Waals surface area contributed by atoms with Crippen molar-refractivity contribution in [1.29, 1.82) is 0 Å². The Bertz CT molecular complexity index is 593. The molecule has 2 aliphatic rings. The number of aryl methyl sites for hydroxylation is 1. The largest absolute Gasteiger partial charge is 0.480 e. The third-order valence-electron chi connectivity index (χ3n) is 5.34. The zero-order valence-corrected chi connectivity index (χ0v) is 14.1. The Morgan fingerprint density at radius 2 is 1.92 bits per heavy atom. The summed E-state index contributed by atoms with van der Waals surface area (Å²) in [7, 11) is 0. The molecule has 130 valence electrons. The van der Waals surface area contributed by atoms with E-state index in [1.807, 2.05) is 30.3 Å². The molecule has 1 atom stereocenters. The zero-order chi connectivity index (χ0) is 17.2. The van der Waals surface area contributed by atoms with Crippen LogP contribution in [0.3, 0.4) is 0 Å². The van der Waals surface area contributed by atoms with Crippen molar-refractivity contribution >= 4 is 11.9 Å². The maximum Gasteiger partial charge on any atom is 0.328 e. The van der Waals surface area contributed by atoms with Gasteiger partial charge < -0.3 is 9.84 Å². The van der Waals surface area contributed by atoms with E-state index >= 15 is 0 Å². The van der Waals surface area contributed by atoms with Gasteiger partial charge in [-0.05, 0) is 43.6 Å². The van der Waals surface area contributed by atoms with Crippen LogP contribution in [0.5, 0.6) is 0 Å². The van der Waals surface area contributed by atoms with E-state index in [9.17, 15) is 14.7 Å². The average Bonchev–Trinajstić information content (AvgIpc) is 2.96. The predicted octanol–water partition coefficient (Wildman–Crippen LogP) is 2.84. The normalized spacial score (nSPS) is 29.8. The molecule has 2 fully saturated rings. The number of benzene rings is 1. The topological polar surface area (TPSA) is 66.8 Å². The molecule has 5 nitrogen and oxygen atoms in total. The van der Waals surface area contributed by atoms with Crippen LogP contribution >= 0.6 is 0 Å². The summed E-state index contributed by atoms with van der Waals surface area (Å²) in [5.41, 5.74) is 0.382. The molecule has 0 radical (unpaired) electrons. The number of amides is 1. The Labute approximate surface area is 142 Å². The highest BCUT2D eigenvalue weighted by Gasteiger charge is 2.53. The fraction of sp³-hybridized carbons (Fsp3) is 0.579. The number of carboxylic acids is 1. The van der Waals surface area contributed by atoms with Gasteiger partial charge in [-0.2, -0.15) is 0 Å². The van der Waals surface area contributed by atoms with E-state index in [1.54, 1.807) is 4.90 Å². The molecule has 1 aromatic rings. The van der Waals surface area contributed by atoms with E-state index in [1.165, 1.54) is 0 Å². The van der Waals surface area contributed by atoms with Crippen molar-refractivity contribution < 1.29 is 19.4 Å². The molecule has 0 bridgehead atoms. The maximum absolute atomic E-state index is 12.9. The first kappa shape index (κ1) is 17.0. The number of ether oxygens (including phenoxy) is 1. The van der Waals surface area contributed by atoms with Gasteiger partial charge >= 0.3 is 5.97 Å². The van der Waals surface area contributed by atoms with Gasteiger partial charge in [-0.1, -0.05) is 37.3 Å². The van der Waals surface area contributed by atoms with E-state index < -0.39 is 17.7 Å². The first-order chi connectivity index (χ1) is 11.5. The van der Waals surface area contributed by atoms with Gasteiger partial charge in [0.05, 0.1) is 6.61 Å². The standard InChI is InChI=1S/C19H25NO4/c1-14-9-11-19(12-10-14)20(16(13-24-19)18(22)23)17(21)8-7-15-5-3-2-4-6-15/h2-6,14,16H,7-13H2,1H3,(H,22,23)/t14?,16-,19?/m1/s1. The lowest BCUT2D eigenvalue weighted by Gasteiger charge is -2.42. The number of nitrogens with zero attached hydrogens (tertiary/aromatic N) is 1. The van der Waals surface area contributed by atoms with Gasteiger partial charge in [-0.3, -0.25) is 9.69 Å². The lowest BCUT2D eigenvalue weighted by atomic mass is 9.83. The molecule has 0 unspecified atom stereocenters. The Hall–Kier alpha value is -1.88. The van der Waals surface area contributed by atoms with Gasteiger partial charge in [0, 0.05) is 6.42 Å². The van der Waals surface area contributed by atoms with Crippen molar-refractivity contribution in [1.82, 2.24) is 4.90 Å². The highest BCUT2D eigenvalue weighted by atomic mass is 16.5. The van der Waals surface area contributed by atoms with Gasteiger partial charge in [0.25, 0.3) is 0 Å². The van der Waals surface area contributed by atoms with Crippen molar-refractivity contribution in [3.63, 3.8) is 0 Å². The summed E-state index contributed by atoms with van der Waals surface area (Å²) in [4.78, 5) is 26.0. The molecule has 0 aromatic heterocycles. The molecule has 1 spiro atoms. The number of hydrogen-bond donors (Lipinski definition) is 1. The molecule has 1 amide bonds. The van der Waals surface area contributed by atoms with Gasteiger partial charge in [0.1, 0.15) is 5.72 Å². The monoisotopic (exact) mass is 331 g/mol. The number of carbonyl (C=O) groups excluding carboxylic acids is 1. The Balaban J connectivity index is 1.74. The predicted molar refractivity (Wildman–Crippen MR) is 89.3 cm³/mol. The van der Waals surface area contributed by atoms with Crippen LogP contribution in [-0.2, 0) is 20.7 Å². The summed E-state index contributed by atoms with van der Waals surface area (Å²) in [6.07, 6.45) is 4.33. The molecular weight excluding hydrogens is 306 g/mol. The van der Waals surface area contributed by atoms with E-state index in [-0.39, 0.29) is 12.5 Å². The molecule has 1 aliphatic heterocycles.